The van der Waals surface area contributed by atoms with E-state index in [0.717, 1.165) is 22.6 Å². The van der Waals surface area contributed by atoms with Gasteiger partial charge in [0.05, 0.1) is 18.7 Å². The zero-order valence-electron chi connectivity index (χ0n) is 11.6. The fourth-order valence-corrected chi connectivity index (χ4v) is 2.63. The van der Waals surface area contributed by atoms with Crippen molar-refractivity contribution in [3.63, 3.8) is 0 Å². The molecule has 21 heavy (non-hydrogen) atoms. The quantitative estimate of drug-likeness (QED) is 0.681. The summed E-state index contributed by atoms with van der Waals surface area (Å²) >= 11 is 12.3. The Bertz CT molecular complexity index is 814. The summed E-state index contributed by atoms with van der Waals surface area (Å²) in [5.74, 6) is 1.53. The number of benzene rings is 1. The highest BCUT2D eigenvalue weighted by atomic mass is 35.5. The van der Waals surface area contributed by atoms with E-state index < -0.39 is 0 Å². The summed E-state index contributed by atoms with van der Waals surface area (Å²) in [6.07, 6.45) is 0. The molecule has 0 spiro atoms. The molecular weight excluding hydrogens is 309 g/mol. The summed E-state index contributed by atoms with van der Waals surface area (Å²) in [6, 6.07) is 9.37. The van der Waals surface area contributed by atoms with Gasteiger partial charge in [-0.1, -0.05) is 17.7 Å². The van der Waals surface area contributed by atoms with Crippen molar-refractivity contribution in [3.8, 4) is 11.6 Å². The van der Waals surface area contributed by atoms with Crippen LogP contribution in [0.2, 0.25) is 5.02 Å². The van der Waals surface area contributed by atoms with Crippen LogP contribution in [-0.2, 0) is 5.88 Å². The van der Waals surface area contributed by atoms with Gasteiger partial charge in [-0.25, -0.2) is 4.98 Å². The largest absolute Gasteiger partial charge is 0.481 e. The number of halogens is 2. The molecule has 0 aliphatic carbocycles. The Labute approximate surface area is 132 Å². The lowest BCUT2D eigenvalue weighted by Crippen LogP contribution is -2.03. The summed E-state index contributed by atoms with van der Waals surface area (Å²) in [5.41, 5.74) is 3.34. The highest BCUT2D eigenvalue weighted by Crippen LogP contribution is 2.28. The molecule has 0 aliphatic heterocycles. The molecule has 0 N–H and O–H groups in total. The van der Waals surface area contributed by atoms with Crippen LogP contribution in [0.25, 0.3) is 16.9 Å². The van der Waals surface area contributed by atoms with Crippen LogP contribution in [0, 0.1) is 6.92 Å². The van der Waals surface area contributed by atoms with Gasteiger partial charge < -0.3 is 4.74 Å². The Morgan fingerprint density at radius 3 is 2.71 bits per heavy atom. The first-order valence-electron chi connectivity index (χ1n) is 6.39. The van der Waals surface area contributed by atoms with Gasteiger partial charge in [0.15, 0.2) is 5.65 Å². The second-order valence-corrected chi connectivity index (χ2v) is 5.25. The predicted octanol–water partition coefficient (Wildman–Crippen LogP) is 4.13. The molecule has 6 heteroatoms. The summed E-state index contributed by atoms with van der Waals surface area (Å²) in [7, 11) is 1.59. The van der Waals surface area contributed by atoms with Crippen LogP contribution in [0.3, 0.4) is 0 Å². The molecule has 108 valence electrons. The molecule has 0 saturated heterocycles. The average Bonchev–Trinajstić information content (AvgIpc) is 2.87. The van der Waals surface area contributed by atoms with E-state index >= 15 is 0 Å². The van der Waals surface area contributed by atoms with E-state index in [1.807, 2.05) is 35.8 Å². The van der Waals surface area contributed by atoms with Crippen molar-refractivity contribution in [1.82, 2.24) is 14.5 Å². The molecule has 1 aromatic carbocycles. The van der Waals surface area contributed by atoms with Crippen LogP contribution in [0.1, 0.15) is 11.4 Å². The molecule has 0 bridgehead atoms. The highest BCUT2D eigenvalue weighted by molar-refractivity contribution is 6.31. The summed E-state index contributed by atoms with van der Waals surface area (Å²) in [4.78, 5) is 9.01. The maximum atomic E-state index is 6.22. The van der Waals surface area contributed by atoms with Crippen LogP contribution >= 0.6 is 23.2 Å². The van der Waals surface area contributed by atoms with Crippen molar-refractivity contribution in [1.29, 1.82) is 0 Å². The van der Waals surface area contributed by atoms with E-state index in [1.54, 1.807) is 13.2 Å². The van der Waals surface area contributed by atoms with E-state index in [9.17, 15) is 0 Å². The maximum absolute atomic E-state index is 6.22. The fraction of sp³-hybridized carbons (Fsp3) is 0.200. The van der Waals surface area contributed by atoms with Gasteiger partial charge in [-0.15, -0.1) is 11.6 Å². The minimum Gasteiger partial charge on any atom is -0.481 e. The second kappa shape index (κ2) is 5.54. The Morgan fingerprint density at radius 1 is 1.19 bits per heavy atom. The van der Waals surface area contributed by atoms with Crippen molar-refractivity contribution >= 4 is 34.4 Å². The predicted molar refractivity (Wildman–Crippen MR) is 84.7 cm³/mol. The monoisotopic (exact) mass is 321 g/mol. The van der Waals surface area contributed by atoms with Crippen molar-refractivity contribution < 1.29 is 4.74 Å². The van der Waals surface area contributed by atoms with E-state index in [-0.39, 0.29) is 5.88 Å². The number of nitrogens with zero attached hydrogens (tertiary/aromatic N) is 3. The lowest BCUT2D eigenvalue weighted by atomic mass is 10.2. The molecule has 0 atom stereocenters. The van der Waals surface area contributed by atoms with Gasteiger partial charge in [-0.2, -0.15) is 4.98 Å². The Morgan fingerprint density at radius 2 is 2.00 bits per heavy atom. The van der Waals surface area contributed by atoms with Crippen LogP contribution in [-0.4, -0.2) is 21.6 Å². The molecule has 0 amide bonds. The molecule has 3 rings (SSSR count). The summed E-state index contributed by atoms with van der Waals surface area (Å²) < 4.78 is 7.12. The van der Waals surface area contributed by atoms with Crippen LogP contribution in [0.5, 0.6) is 5.88 Å². The lowest BCUT2D eigenvalue weighted by molar-refractivity contribution is 0.399. The highest BCUT2D eigenvalue weighted by Gasteiger charge is 2.16. The zero-order chi connectivity index (χ0) is 15.0. The van der Waals surface area contributed by atoms with Crippen molar-refractivity contribution in [2.45, 2.75) is 12.8 Å². The normalized spacial score (nSPS) is 11.0. The van der Waals surface area contributed by atoms with Crippen LogP contribution in [0.4, 0.5) is 0 Å². The summed E-state index contributed by atoms with van der Waals surface area (Å²) in [5, 5.41) is 0.692. The minimum absolute atomic E-state index is 0.282. The van der Waals surface area contributed by atoms with Crippen LogP contribution < -0.4 is 4.74 Å². The lowest BCUT2D eigenvalue weighted by Gasteiger charge is -2.11. The molecule has 2 heterocycles. The van der Waals surface area contributed by atoms with Crippen molar-refractivity contribution in [2.75, 3.05) is 7.11 Å². The number of fused-ring (bicyclic) bond motifs is 1. The average molecular weight is 322 g/mol. The van der Waals surface area contributed by atoms with E-state index in [1.165, 1.54) is 0 Å². The van der Waals surface area contributed by atoms with E-state index in [0.29, 0.717) is 16.5 Å². The van der Waals surface area contributed by atoms with Gasteiger partial charge in [-0.3, -0.25) is 4.57 Å². The topological polar surface area (TPSA) is 39.9 Å². The Balaban J connectivity index is 2.36. The minimum atomic E-state index is 0.282. The van der Waals surface area contributed by atoms with Gasteiger partial charge in [0.1, 0.15) is 11.3 Å². The first kappa shape index (κ1) is 14.2. The van der Waals surface area contributed by atoms with Crippen molar-refractivity contribution in [2.24, 2.45) is 0 Å². The third kappa shape index (κ3) is 2.34. The second-order valence-electron chi connectivity index (χ2n) is 4.58. The molecule has 0 aliphatic rings. The van der Waals surface area contributed by atoms with Gasteiger partial charge in [-0.05, 0) is 30.7 Å². The maximum Gasteiger partial charge on any atom is 0.215 e. The number of hydrogen-bond donors (Lipinski definition) is 0. The molecule has 4 nitrogen and oxygen atoms in total. The Hall–Kier alpha value is -1.78. The number of imidazole rings is 1. The Kier molecular flexibility index (Phi) is 3.74. The first-order chi connectivity index (χ1) is 10.2. The third-order valence-electron chi connectivity index (χ3n) is 3.36. The number of aromatic nitrogens is 3. The third-order valence-corrected chi connectivity index (χ3v) is 4.01. The number of pyridine rings is 1. The standard InChI is InChI=1S/C15H13Cl2N3O/c1-9-10(17)4-3-5-12(9)20-13(8-16)18-11-6-7-14(21-2)19-15(11)20/h3-7H,8H2,1-2H3. The first-order valence-corrected chi connectivity index (χ1v) is 7.30. The van der Waals surface area contributed by atoms with E-state index in [2.05, 4.69) is 9.97 Å². The number of alkyl halides is 1. The molecule has 3 aromatic rings. The zero-order valence-corrected chi connectivity index (χ0v) is 13.1. The fourth-order valence-electron chi connectivity index (χ4n) is 2.28. The number of hydrogen-bond acceptors (Lipinski definition) is 3. The summed E-state index contributed by atoms with van der Waals surface area (Å²) in [6.45, 7) is 1.96. The van der Waals surface area contributed by atoms with Gasteiger partial charge in [0.25, 0.3) is 0 Å². The van der Waals surface area contributed by atoms with Gasteiger partial charge >= 0.3 is 0 Å². The SMILES string of the molecule is COc1ccc2nc(CCl)n(-c3cccc(Cl)c3C)c2n1. The molecule has 2 aromatic heterocycles. The smallest absolute Gasteiger partial charge is 0.215 e. The molecule has 0 fully saturated rings. The number of rotatable bonds is 3. The molecule has 0 unspecified atom stereocenters. The number of ether oxygens (including phenoxy) is 1. The van der Waals surface area contributed by atoms with Crippen molar-refractivity contribution in [3.05, 3.63) is 46.7 Å². The van der Waals surface area contributed by atoms with Gasteiger partial charge in [0, 0.05) is 11.1 Å². The molecule has 0 saturated carbocycles. The molecular formula is C15H13Cl2N3O. The van der Waals surface area contributed by atoms with Crippen LogP contribution in [0.15, 0.2) is 30.3 Å². The van der Waals surface area contributed by atoms with Gasteiger partial charge in [0.2, 0.25) is 5.88 Å². The van der Waals surface area contributed by atoms with E-state index in [4.69, 9.17) is 27.9 Å². The molecule has 0 radical (unpaired) electrons. The number of methoxy groups -OCH3 is 1.